The minimum absolute atomic E-state index is 0.0734. The van der Waals surface area contributed by atoms with Crippen LogP contribution in [0.4, 0.5) is 0 Å². The van der Waals surface area contributed by atoms with E-state index < -0.39 is 18.1 Å². The Hall–Kier alpha value is -1.10. The normalized spacial score (nSPS) is 34.0. The molecule has 1 aliphatic carbocycles. The van der Waals surface area contributed by atoms with E-state index in [1.807, 2.05) is 0 Å². The Morgan fingerprint density at radius 1 is 1.10 bits per heavy atom. The lowest BCUT2D eigenvalue weighted by atomic mass is 9.69. The van der Waals surface area contributed by atoms with Crippen LogP contribution in [0.5, 0.6) is 0 Å². The van der Waals surface area contributed by atoms with Crippen molar-refractivity contribution in [3.8, 4) is 0 Å². The van der Waals surface area contributed by atoms with E-state index in [0.29, 0.717) is 5.92 Å². The van der Waals surface area contributed by atoms with E-state index in [1.54, 1.807) is 0 Å². The first-order chi connectivity index (χ1) is 9.70. The van der Waals surface area contributed by atoms with E-state index in [-0.39, 0.29) is 30.2 Å². The van der Waals surface area contributed by atoms with Crippen LogP contribution in [-0.2, 0) is 9.59 Å². The highest BCUT2D eigenvalue weighted by molar-refractivity contribution is 5.85. The third-order valence-corrected chi connectivity index (χ3v) is 5.15. The van der Waals surface area contributed by atoms with Gasteiger partial charge in [0.1, 0.15) is 6.04 Å². The van der Waals surface area contributed by atoms with Gasteiger partial charge in [-0.05, 0) is 37.0 Å². The van der Waals surface area contributed by atoms with E-state index >= 15 is 0 Å². The first-order valence-corrected chi connectivity index (χ1v) is 7.91. The molecule has 5 nitrogen and oxygen atoms in total. The van der Waals surface area contributed by atoms with Crippen molar-refractivity contribution < 1.29 is 19.8 Å². The number of nitrogens with zero attached hydrogens (tertiary/aromatic N) is 1. The van der Waals surface area contributed by atoms with E-state index in [2.05, 4.69) is 20.8 Å². The Kier molecular flexibility index (Phi) is 4.61. The monoisotopic (exact) mass is 297 g/mol. The molecule has 0 radical (unpaired) electrons. The number of carboxylic acids is 1. The largest absolute Gasteiger partial charge is 0.480 e. The lowest BCUT2D eigenvalue weighted by Gasteiger charge is -2.37. The highest BCUT2D eigenvalue weighted by Gasteiger charge is 2.42. The number of aliphatic hydroxyl groups is 1. The molecule has 2 fully saturated rings. The Bertz CT molecular complexity index is 407. The molecule has 1 heterocycles. The summed E-state index contributed by atoms with van der Waals surface area (Å²) in [4.78, 5) is 25.2. The summed E-state index contributed by atoms with van der Waals surface area (Å²) in [5.74, 6) is -0.536. The molecule has 0 aromatic carbocycles. The van der Waals surface area contributed by atoms with Crippen LogP contribution in [0.3, 0.4) is 0 Å². The van der Waals surface area contributed by atoms with Gasteiger partial charge in [-0.1, -0.05) is 20.8 Å². The number of hydrogen-bond acceptors (Lipinski definition) is 3. The average molecular weight is 297 g/mol. The molecule has 0 aromatic heterocycles. The van der Waals surface area contributed by atoms with Crippen LogP contribution in [0.25, 0.3) is 0 Å². The molecule has 1 saturated heterocycles. The van der Waals surface area contributed by atoms with Gasteiger partial charge in [-0.3, -0.25) is 4.79 Å². The second-order valence-electron chi connectivity index (χ2n) is 7.65. The topological polar surface area (TPSA) is 77.8 Å². The van der Waals surface area contributed by atoms with Gasteiger partial charge in [-0.25, -0.2) is 4.79 Å². The SMILES string of the molecule is CC(C)(C)C1CCC(C(=O)N2C[C@H](O)C[C@@H]2C(=O)O)CC1. The number of β-amino-alcohol motifs (C(OH)–C–C–N with tert-alkyl or cyclic N) is 1. The Labute approximate surface area is 126 Å². The first kappa shape index (κ1) is 16.3. The van der Waals surface area contributed by atoms with Crippen molar-refractivity contribution in [3.63, 3.8) is 0 Å². The van der Waals surface area contributed by atoms with Crippen molar-refractivity contribution in [3.05, 3.63) is 0 Å². The molecule has 2 rings (SSSR count). The van der Waals surface area contributed by atoms with Crippen molar-refractivity contribution in [2.75, 3.05) is 6.54 Å². The average Bonchev–Trinajstić information content (AvgIpc) is 2.79. The van der Waals surface area contributed by atoms with Crippen molar-refractivity contribution in [2.45, 2.75) is 65.0 Å². The number of hydrogen-bond donors (Lipinski definition) is 2. The molecular formula is C16H27NO4. The maximum absolute atomic E-state index is 12.6. The van der Waals surface area contributed by atoms with E-state index in [1.165, 1.54) is 4.90 Å². The highest BCUT2D eigenvalue weighted by Crippen LogP contribution is 2.40. The van der Waals surface area contributed by atoms with E-state index in [0.717, 1.165) is 25.7 Å². The van der Waals surface area contributed by atoms with Gasteiger partial charge in [-0.2, -0.15) is 0 Å². The van der Waals surface area contributed by atoms with Crippen LogP contribution >= 0.6 is 0 Å². The van der Waals surface area contributed by atoms with Gasteiger partial charge in [0.05, 0.1) is 6.10 Å². The Balaban J connectivity index is 1.97. The van der Waals surface area contributed by atoms with Crippen LogP contribution < -0.4 is 0 Å². The summed E-state index contributed by atoms with van der Waals surface area (Å²) in [5.41, 5.74) is 0.265. The summed E-state index contributed by atoms with van der Waals surface area (Å²) in [6, 6.07) is -0.854. The molecule has 2 atom stereocenters. The van der Waals surface area contributed by atoms with Crippen LogP contribution in [-0.4, -0.2) is 45.7 Å². The van der Waals surface area contributed by atoms with Gasteiger partial charge in [0.25, 0.3) is 0 Å². The predicted molar refractivity (Wildman–Crippen MR) is 78.7 cm³/mol. The molecule has 0 bridgehead atoms. The van der Waals surface area contributed by atoms with E-state index in [9.17, 15) is 19.8 Å². The van der Waals surface area contributed by atoms with Gasteiger partial charge < -0.3 is 15.1 Å². The maximum atomic E-state index is 12.6. The molecule has 5 heteroatoms. The van der Waals surface area contributed by atoms with Gasteiger partial charge in [-0.15, -0.1) is 0 Å². The number of carbonyl (C=O) groups excluding carboxylic acids is 1. The standard InChI is InChI=1S/C16H27NO4/c1-16(2,3)11-6-4-10(5-7-11)14(19)17-9-12(18)8-13(17)15(20)21/h10-13,18H,4-9H2,1-3H3,(H,20,21)/t10?,11?,12-,13-/m1/s1. The number of aliphatic carboxylic acids is 1. The minimum Gasteiger partial charge on any atom is -0.480 e. The lowest BCUT2D eigenvalue weighted by Crippen LogP contribution is -2.44. The number of carbonyl (C=O) groups is 2. The van der Waals surface area contributed by atoms with Crippen molar-refractivity contribution >= 4 is 11.9 Å². The van der Waals surface area contributed by atoms with Crippen LogP contribution in [0, 0.1) is 17.3 Å². The molecular weight excluding hydrogens is 270 g/mol. The van der Waals surface area contributed by atoms with Crippen LogP contribution in [0.15, 0.2) is 0 Å². The van der Waals surface area contributed by atoms with Crippen LogP contribution in [0.2, 0.25) is 0 Å². The second kappa shape index (κ2) is 5.95. The van der Waals surface area contributed by atoms with Crippen LogP contribution in [0.1, 0.15) is 52.9 Å². The molecule has 120 valence electrons. The summed E-state index contributed by atoms with van der Waals surface area (Å²) < 4.78 is 0. The quantitative estimate of drug-likeness (QED) is 0.816. The molecule has 0 spiro atoms. The van der Waals surface area contributed by atoms with E-state index in [4.69, 9.17) is 0 Å². The highest BCUT2D eigenvalue weighted by atomic mass is 16.4. The first-order valence-electron chi connectivity index (χ1n) is 7.91. The zero-order valence-electron chi connectivity index (χ0n) is 13.2. The molecule has 1 amide bonds. The second-order valence-corrected chi connectivity index (χ2v) is 7.65. The number of amides is 1. The molecule has 21 heavy (non-hydrogen) atoms. The number of rotatable bonds is 2. The third-order valence-electron chi connectivity index (χ3n) is 5.15. The summed E-state index contributed by atoms with van der Waals surface area (Å²) >= 11 is 0. The Morgan fingerprint density at radius 2 is 1.67 bits per heavy atom. The summed E-state index contributed by atoms with van der Waals surface area (Å²) in [7, 11) is 0. The number of likely N-dealkylation sites (tertiary alicyclic amines) is 1. The molecule has 0 unspecified atom stereocenters. The Morgan fingerprint density at radius 3 is 2.14 bits per heavy atom. The lowest BCUT2D eigenvalue weighted by molar-refractivity contribution is -0.150. The third kappa shape index (κ3) is 3.57. The zero-order chi connectivity index (χ0) is 15.8. The fourth-order valence-corrected chi connectivity index (χ4v) is 3.73. The fourth-order valence-electron chi connectivity index (χ4n) is 3.73. The number of aliphatic hydroxyl groups excluding tert-OH is 1. The predicted octanol–water partition coefficient (Wildman–Crippen LogP) is 1.89. The van der Waals surface area contributed by atoms with Gasteiger partial charge in [0.15, 0.2) is 0 Å². The van der Waals surface area contributed by atoms with Crippen molar-refractivity contribution in [1.29, 1.82) is 0 Å². The molecule has 0 aromatic rings. The number of carboxylic acid groups (broad SMARTS) is 1. The molecule has 1 saturated carbocycles. The maximum Gasteiger partial charge on any atom is 0.326 e. The fraction of sp³-hybridized carbons (Fsp3) is 0.875. The smallest absolute Gasteiger partial charge is 0.326 e. The molecule has 2 aliphatic rings. The molecule has 2 N–H and O–H groups in total. The molecule has 1 aliphatic heterocycles. The summed E-state index contributed by atoms with van der Waals surface area (Å²) in [6.07, 6.45) is 3.15. The minimum atomic E-state index is -1.01. The summed E-state index contributed by atoms with van der Waals surface area (Å²) in [6.45, 7) is 6.86. The van der Waals surface area contributed by atoms with Crippen molar-refractivity contribution in [1.82, 2.24) is 4.90 Å². The van der Waals surface area contributed by atoms with Gasteiger partial charge in [0, 0.05) is 18.9 Å². The van der Waals surface area contributed by atoms with Gasteiger partial charge in [0.2, 0.25) is 5.91 Å². The summed E-state index contributed by atoms with van der Waals surface area (Å²) in [5, 5.41) is 18.9. The zero-order valence-corrected chi connectivity index (χ0v) is 13.2. The van der Waals surface area contributed by atoms with Gasteiger partial charge >= 0.3 is 5.97 Å². The van der Waals surface area contributed by atoms with Crippen molar-refractivity contribution in [2.24, 2.45) is 17.3 Å².